The highest BCUT2D eigenvalue weighted by Crippen LogP contribution is 2.17. The molecule has 0 heterocycles. The van der Waals surface area contributed by atoms with Gasteiger partial charge in [0.05, 0.1) is 12.5 Å². The van der Waals surface area contributed by atoms with E-state index in [2.05, 4.69) is 10.6 Å². The number of carboxylic acid groups (broad SMARTS) is 1. The Hall–Kier alpha value is -1.63. The summed E-state index contributed by atoms with van der Waals surface area (Å²) in [5.74, 6) is -1.89. The van der Waals surface area contributed by atoms with Gasteiger partial charge in [-0.1, -0.05) is 19.8 Å². The van der Waals surface area contributed by atoms with Gasteiger partial charge in [0.2, 0.25) is 5.91 Å². The number of amides is 3. The number of carboxylic acids is 1. The lowest BCUT2D eigenvalue weighted by atomic mass is 10.2. The van der Waals surface area contributed by atoms with Gasteiger partial charge < -0.3 is 10.4 Å². The number of rotatable bonds is 6. The summed E-state index contributed by atoms with van der Waals surface area (Å²) < 4.78 is 0. The standard InChI is InChI=1S/C13H23N3O4/c1-9(12(18)19)7-16(2)8-11(17)15-13(20)14-10-5-3-4-6-10/h9-10H,3-8H2,1-2H3,(H,18,19)(H2,14,15,17,20). The van der Waals surface area contributed by atoms with E-state index in [0.29, 0.717) is 0 Å². The number of carbonyl (C=O) groups excluding carboxylic acids is 2. The molecule has 20 heavy (non-hydrogen) atoms. The highest BCUT2D eigenvalue weighted by Gasteiger charge is 2.19. The van der Waals surface area contributed by atoms with Crippen LogP contribution < -0.4 is 10.6 Å². The summed E-state index contributed by atoms with van der Waals surface area (Å²) in [4.78, 5) is 35.5. The minimum atomic E-state index is -0.906. The third-order valence-electron chi connectivity index (χ3n) is 3.36. The quantitative estimate of drug-likeness (QED) is 0.656. The first-order valence-corrected chi connectivity index (χ1v) is 6.90. The Morgan fingerprint density at radius 2 is 1.90 bits per heavy atom. The fourth-order valence-corrected chi connectivity index (χ4v) is 2.31. The molecule has 0 aromatic rings. The number of imide groups is 1. The molecule has 0 aliphatic heterocycles. The number of hydrogen-bond donors (Lipinski definition) is 3. The predicted molar refractivity (Wildman–Crippen MR) is 73.2 cm³/mol. The average Bonchev–Trinajstić information content (AvgIpc) is 2.80. The van der Waals surface area contributed by atoms with Crippen LogP contribution in [0.2, 0.25) is 0 Å². The zero-order valence-electron chi connectivity index (χ0n) is 12.0. The van der Waals surface area contributed by atoms with E-state index >= 15 is 0 Å². The highest BCUT2D eigenvalue weighted by molar-refractivity contribution is 5.95. The zero-order valence-corrected chi connectivity index (χ0v) is 12.0. The van der Waals surface area contributed by atoms with E-state index in [-0.39, 0.29) is 19.1 Å². The van der Waals surface area contributed by atoms with E-state index in [9.17, 15) is 14.4 Å². The smallest absolute Gasteiger partial charge is 0.321 e. The van der Waals surface area contributed by atoms with Crippen molar-refractivity contribution < 1.29 is 19.5 Å². The van der Waals surface area contributed by atoms with Crippen LogP contribution in [0.4, 0.5) is 4.79 Å². The van der Waals surface area contributed by atoms with Gasteiger partial charge in [0, 0.05) is 12.6 Å². The number of urea groups is 1. The molecular formula is C13H23N3O4. The predicted octanol–water partition coefficient (Wildman–Crippen LogP) is 0.407. The van der Waals surface area contributed by atoms with Gasteiger partial charge in [-0.15, -0.1) is 0 Å². The molecular weight excluding hydrogens is 262 g/mol. The van der Waals surface area contributed by atoms with Gasteiger partial charge in [-0.25, -0.2) is 4.79 Å². The third-order valence-corrected chi connectivity index (χ3v) is 3.36. The van der Waals surface area contributed by atoms with Crippen molar-refractivity contribution in [2.45, 2.75) is 38.6 Å². The van der Waals surface area contributed by atoms with Crippen LogP contribution in [0, 0.1) is 5.92 Å². The molecule has 3 amide bonds. The van der Waals surface area contributed by atoms with Crippen LogP contribution in [-0.2, 0) is 9.59 Å². The second-order valence-corrected chi connectivity index (χ2v) is 5.44. The molecule has 1 rings (SSSR count). The van der Waals surface area contributed by atoms with Crippen molar-refractivity contribution in [2.75, 3.05) is 20.1 Å². The molecule has 1 aliphatic rings. The van der Waals surface area contributed by atoms with Crippen LogP contribution in [0.1, 0.15) is 32.6 Å². The topological polar surface area (TPSA) is 98.7 Å². The summed E-state index contributed by atoms with van der Waals surface area (Å²) in [6, 6.07) is -0.311. The zero-order chi connectivity index (χ0) is 15.1. The molecule has 0 bridgehead atoms. The maximum absolute atomic E-state index is 11.6. The van der Waals surface area contributed by atoms with Gasteiger partial charge in [0.25, 0.3) is 0 Å². The van der Waals surface area contributed by atoms with E-state index in [0.717, 1.165) is 25.7 Å². The maximum Gasteiger partial charge on any atom is 0.321 e. The fourth-order valence-electron chi connectivity index (χ4n) is 2.31. The maximum atomic E-state index is 11.6. The van der Waals surface area contributed by atoms with Gasteiger partial charge in [0.1, 0.15) is 0 Å². The Morgan fingerprint density at radius 1 is 1.30 bits per heavy atom. The SMILES string of the molecule is CC(CN(C)CC(=O)NC(=O)NC1CCCC1)C(=O)O. The first-order chi connectivity index (χ1) is 9.38. The van der Waals surface area contributed by atoms with Gasteiger partial charge in [-0.3, -0.25) is 19.8 Å². The van der Waals surface area contributed by atoms with Gasteiger partial charge in [-0.05, 0) is 19.9 Å². The third kappa shape index (κ3) is 6.01. The monoisotopic (exact) mass is 285 g/mol. The molecule has 0 radical (unpaired) electrons. The van der Waals surface area contributed by atoms with E-state index in [1.54, 1.807) is 18.9 Å². The molecule has 0 aromatic carbocycles. The summed E-state index contributed by atoms with van der Waals surface area (Å²) in [7, 11) is 1.65. The summed E-state index contributed by atoms with van der Waals surface area (Å²) in [6.45, 7) is 1.83. The van der Waals surface area contributed by atoms with Crippen molar-refractivity contribution in [3.05, 3.63) is 0 Å². The van der Waals surface area contributed by atoms with E-state index in [1.165, 1.54) is 0 Å². The molecule has 3 N–H and O–H groups in total. The molecule has 0 aromatic heterocycles. The van der Waals surface area contributed by atoms with Gasteiger partial charge >= 0.3 is 12.0 Å². The lowest BCUT2D eigenvalue weighted by molar-refractivity contribution is -0.142. The molecule has 1 fully saturated rings. The van der Waals surface area contributed by atoms with Crippen molar-refractivity contribution >= 4 is 17.9 Å². The Balaban J connectivity index is 2.24. The molecule has 1 unspecified atom stereocenters. The lowest BCUT2D eigenvalue weighted by Crippen LogP contribution is -2.47. The number of aliphatic carboxylic acids is 1. The normalized spacial score (nSPS) is 16.9. The largest absolute Gasteiger partial charge is 0.481 e. The molecule has 1 atom stereocenters. The Bertz CT molecular complexity index is 367. The number of nitrogens with one attached hydrogen (secondary N) is 2. The molecule has 114 valence electrons. The number of carbonyl (C=O) groups is 3. The summed E-state index contributed by atoms with van der Waals surface area (Å²) >= 11 is 0. The average molecular weight is 285 g/mol. The Labute approximate surface area is 118 Å². The van der Waals surface area contributed by atoms with Crippen molar-refractivity contribution in [1.82, 2.24) is 15.5 Å². The summed E-state index contributed by atoms with van der Waals surface area (Å²) in [6.07, 6.45) is 4.12. The van der Waals surface area contributed by atoms with Crippen molar-refractivity contribution in [3.63, 3.8) is 0 Å². The first kappa shape index (κ1) is 16.4. The van der Waals surface area contributed by atoms with Gasteiger partial charge in [0.15, 0.2) is 0 Å². The van der Waals surface area contributed by atoms with Crippen LogP contribution >= 0.6 is 0 Å². The first-order valence-electron chi connectivity index (χ1n) is 6.90. The van der Waals surface area contributed by atoms with Crippen LogP contribution in [0.25, 0.3) is 0 Å². The Morgan fingerprint density at radius 3 is 2.45 bits per heavy atom. The van der Waals surface area contributed by atoms with Crippen molar-refractivity contribution in [1.29, 1.82) is 0 Å². The van der Waals surface area contributed by atoms with E-state index < -0.39 is 23.8 Å². The molecule has 0 spiro atoms. The summed E-state index contributed by atoms with van der Waals surface area (Å²) in [5, 5.41) is 13.8. The Kier molecular flexibility index (Phi) is 6.44. The molecule has 7 heteroatoms. The number of nitrogens with zero attached hydrogens (tertiary/aromatic N) is 1. The van der Waals surface area contributed by atoms with Crippen LogP contribution in [0.3, 0.4) is 0 Å². The minimum Gasteiger partial charge on any atom is -0.481 e. The molecule has 1 aliphatic carbocycles. The van der Waals surface area contributed by atoms with Crippen molar-refractivity contribution in [2.24, 2.45) is 5.92 Å². The van der Waals surface area contributed by atoms with Crippen LogP contribution in [0.5, 0.6) is 0 Å². The van der Waals surface area contributed by atoms with Gasteiger partial charge in [-0.2, -0.15) is 0 Å². The van der Waals surface area contributed by atoms with E-state index in [1.807, 2.05) is 0 Å². The molecule has 7 nitrogen and oxygen atoms in total. The van der Waals surface area contributed by atoms with Crippen LogP contribution in [-0.4, -0.2) is 54.1 Å². The molecule has 0 saturated heterocycles. The van der Waals surface area contributed by atoms with Crippen LogP contribution in [0.15, 0.2) is 0 Å². The fraction of sp³-hybridized carbons (Fsp3) is 0.769. The van der Waals surface area contributed by atoms with Crippen molar-refractivity contribution in [3.8, 4) is 0 Å². The lowest BCUT2D eigenvalue weighted by Gasteiger charge is -2.18. The van der Waals surface area contributed by atoms with E-state index in [4.69, 9.17) is 5.11 Å². The second kappa shape index (κ2) is 7.84. The second-order valence-electron chi connectivity index (χ2n) is 5.44. The minimum absolute atomic E-state index is 0.00426. The molecule has 1 saturated carbocycles. The highest BCUT2D eigenvalue weighted by atomic mass is 16.4. The number of likely N-dealkylation sites (N-methyl/N-ethyl adjacent to an activating group) is 1. The summed E-state index contributed by atoms with van der Waals surface area (Å²) in [5.41, 5.74) is 0. The number of hydrogen-bond acceptors (Lipinski definition) is 4.